The molecular weight excluding hydrogens is 228 g/mol. The van der Waals surface area contributed by atoms with Gasteiger partial charge in [0.1, 0.15) is 0 Å². The summed E-state index contributed by atoms with van der Waals surface area (Å²) < 4.78 is 5.70. The second kappa shape index (κ2) is 4.25. The molecule has 1 fully saturated rings. The first kappa shape index (κ1) is 9.22. The van der Waals surface area contributed by atoms with Gasteiger partial charge in [0.2, 0.25) is 0 Å². The summed E-state index contributed by atoms with van der Waals surface area (Å²) in [5.74, 6) is 0. The third-order valence-electron chi connectivity index (χ3n) is 2.39. The van der Waals surface area contributed by atoms with Crippen molar-refractivity contribution >= 4 is 15.9 Å². The highest BCUT2D eigenvalue weighted by Gasteiger charge is 2.21. The number of hydrogen-bond acceptors (Lipinski definition) is 1. The lowest BCUT2D eigenvalue weighted by Gasteiger charge is -2.26. The van der Waals surface area contributed by atoms with Crippen LogP contribution in [-0.4, -0.2) is 11.4 Å². The van der Waals surface area contributed by atoms with Crippen molar-refractivity contribution in [3.63, 3.8) is 0 Å². The van der Waals surface area contributed by atoms with Crippen molar-refractivity contribution in [1.82, 2.24) is 0 Å². The van der Waals surface area contributed by atoms with Gasteiger partial charge in [-0.25, -0.2) is 0 Å². The molecule has 1 aromatic rings. The van der Waals surface area contributed by atoms with Gasteiger partial charge in [-0.3, -0.25) is 0 Å². The summed E-state index contributed by atoms with van der Waals surface area (Å²) in [6.45, 7) is 0.871. The number of ether oxygens (including phenoxy) is 1. The Hall–Kier alpha value is -0.340. The quantitative estimate of drug-likeness (QED) is 0.685. The van der Waals surface area contributed by atoms with Crippen LogP contribution in [0, 0.1) is 0 Å². The Morgan fingerprint density at radius 2 is 2.00 bits per heavy atom. The molecule has 0 amide bonds. The molecular formula is C11H13BrO. The molecule has 1 nitrogen and oxygen atoms in total. The highest BCUT2D eigenvalue weighted by atomic mass is 79.9. The molecule has 2 heteroatoms. The number of halogens is 1. The van der Waals surface area contributed by atoms with Gasteiger partial charge in [-0.1, -0.05) is 46.3 Å². The van der Waals surface area contributed by atoms with Crippen LogP contribution < -0.4 is 0 Å². The zero-order valence-corrected chi connectivity index (χ0v) is 9.03. The van der Waals surface area contributed by atoms with E-state index in [9.17, 15) is 0 Å². The normalized spacial score (nSPS) is 28.7. The average Bonchev–Trinajstić information content (AvgIpc) is 2.19. The van der Waals surface area contributed by atoms with Crippen LogP contribution in [0.5, 0.6) is 0 Å². The van der Waals surface area contributed by atoms with Crippen molar-refractivity contribution in [3.05, 3.63) is 35.9 Å². The first-order chi connectivity index (χ1) is 6.36. The smallest absolute Gasteiger partial charge is 0.0835 e. The first-order valence-electron chi connectivity index (χ1n) is 4.67. The fourth-order valence-corrected chi connectivity index (χ4v) is 2.18. The molecule has 0 N–H and O–H groups in total. The van der Waals surface area contributed by atoms with E-state index < -0.39 is 0 Å². The van der Waals surface area contributed by atoms with Crippen LogP contribution in [0.4, 0.5) is 0 Å². The average molecular weight is 241 g/mol. The fraction of sp³-hybridized carbons (Fsp3) is 0.455. The molecule has 2 atom stereocenters. The number of alkyl halides is 1. The van der Waals surface area contributed by atoms with E-state index >= 15 is 0 Å². The van der Waals surface area contributed by atoms with Crippen LogP contribution in [-0.2, 0) is 4.74 Å². The van der Waals surface area contributed by atoms with Gasteiger partial charge in [0.25, 0.3) is 0 Å². The number of hydrogen-bond donors (Lipinski definition) is 0. The van der Waals surface area contributed by atoms with Crippen LogP contribution in [0.25, 0.3) is 0 Å². The molecule has 0 radical (unpaired) electrons. The zero-order chi connectivity index (χ0) is 9.10. The predicted octanol–water partition coefficient (Wildman–Crippen LogP) is 3.30. The monoisotopic (exact) mass is 240 g/mol. The topological polar surface area (TPSA) is 9.23 Å². The van der Waals surface area contributed by atoms with E-state index in [1.54, 1.807) is 0 Å². The fourth-order valence-electron chi connectivity index (χ4n) is 1.66. The Balaban J connectivity index is 2.08. The summed E-state index contributed by atoms with van der Waals surface area (Å²) in [6.07, 6.45) is 2.51. The van der Waals surface area contributed by atoms with Gasteiger partial charge in [0.05, 0.1) is 6.10 Å². The lowest BCUT2D eigenvalue weighted by Crippen LogP contribution is -2.19. The molecule has 1 aliphatic rings. The van der Waals surface area contributed by atoms with E-state index in [1.165, 1.54) is 5.56 Å². The van der Waals surface area contributed by atoms with Crippen molar-refractivity contribution in [3.8, 4) is 0 Å². The molecule has 0 spiro atoms. The van der Waals surface area contributed by atoms with E-state index in [1.807, 2.05) is 6.07 Å². The molecule has 1 saturated heterocycles. The predicted molar refractivity (Wildman–Crippen MR) is 57.1 cm³/mol. The lowest BCUT2D eigenvalue weighted by molar-refractivity contribution is 0.0187. The van der Waals surface area contributed by atoms with Crippen molar-refractivity contribution in [2.24, 2.45) is 0 Å². The van der Waals surface area contributed by atoms with Crippen LogP contribution in [0.2, 0.25) is 0 Å². The second-order valence-electron chi connectivity index (χ2n) is 3.39. The van der Waals surface area contributed by atoms with Crippen LogP contribution in [0.3, 0.4) is 0 Å². The third-order valence-corrected chi connectivity index (χ3v) is 3.22. The van der Waals surface area contributed by atoms with Crippen molar-refractivity contribution in [1.29, 1.82) is 0 Å². The Morgan fingerprint density at radius 1 is 1.23 bits per heavy atom. The van der Waals surface area contributed by atoms with Crippen molar-refractivity contribution < 1.29 is 4.74 Å². The van der Waals surface area contributed by atoms with E-state index in [2.05, 4.69) is 40.2 Å². The minimum absolute atomic E-state index is 0.291. The van der Waals surface area contributed by atoms with E-state index in [-0.39, 0.29) is 0 Å². The van der Waals surface area contributed by atoms with Crippen molar-refractivity contribution in [2.75, 3.05) is 6.61 Å². The molecule has 1 aromatic carbocycles. The molecule has 0 bridgehead atoms. The summed E-state index contributed by atoms with van der Waals surface area (Å²) in [4.78, 5) is 0.617. The van der Waals surface area contributed by atoms with Gasteiger partial charge < -0.3 is 4.74 Å². The lowest BCUT2D eigenvalue weighted by atomic mass is 10.0. The zero-order valence-electron chi connectivity index (χ0n) is 7.45. The third kappa shape index (κ3) is 2.32. The summed E-state index contributed by atoms with van der Waals surface area (Å²) in [6, 6.07) is 10.4. The van der Waals surface area contributed by atoms with Crippen LogP contribution >= 0.6 is 15.9 Å². The highest BCUT2D eigenvalue weighted by molar-refractivity contribution is 9.09. The summed E-state index contributed by atoms with van der Waals surface area (Å²) in [5.41, 5.74) is 1.30. The molecule has 0 saturated carbocycles. The maximum Gasteiger partial charge on any atom is 0.0835 e. The molecule has 0 unspecified atom stereocenters. The molecule has 1 heterocycles. The van der Waals surface area contributed by atoms with Crippen LogP contribution in [0.15, 0.2) is 30.3 Å². The maximum atomic E-state index is 5.70. The Morgan fingerprint density at radius 3 is 2.69 bits per heavy atom. The standard InChI is InChI=1S/C11H13BrO/c12-10-6-7-13-11(8-10)9-4-2-1-3-5-9/h1-5,10-11H,6-8H2/t10-,11-/m1/s1. The minimum Gasteiger partial charge on any atom is -0.373 e. The molecule has 2 rings (SSSR count). The minimum atomic E-state index is 0.291. The van der Waals surface area contributed by atoms with Crippen LogP contribution in [0.1, 0.15) is 24.5 Å². The molecule has 70 valence electrons. The number of benzene rings is 1. The van der Waals surface area contributed by atoms with Gasteiger partial charge in [0, 0.05) is 11.4 Å². The molecule has 13 heavy (non-hydrogen) atoms. The van der Waals surface area contributed by atoms with E-state index in [0.717, 1.165) is 19.4 Å². The summed E-state index contributed by atoms with van der Waals surface area (Å²) in [5, 5.41) is 0. The Bertz CT molecular complexity index is 260. The number of rotatable bonds is 1. The Labute approximate surface area is 87.2 Å². The van der Waals surface area contributed by atoms with Crippen molar-refractivity contribution in [2.45, 2.75) is 23.8 Å². The summed E-state index contributed by atoms with van der Waals surface area (Å²) in [7, 11) is 0. The molecule has 0 aromatic heterocycles. The van der Waals surface area contributed by atoms with Gasteiger partial charge in [-0.05, 0) is 18.4 Å². The van der Waals surface area contributed by atoms with E-state index in [4.69, 9.17) is 4.74 Å². The van der Waals surface area contributed by atoms with Gasteiger partial charge >= 0.3 is 0 Å². The van der Waals surface area contributed by atoms with Gasteiger partial charge in [0.15, 0.2) is 0 Å². The SMILES string of the molecule is Br[C@@H]1CCO[C@@H](c2ccccc2)C1. The highest BCUT2D eigenvalue weighted by Crippen LogP contribution is 2.31. The largest absolute Gasteiger partial charge is 0.373 e. The van der Waals surface area contributed by atoms with Gasteiger partial charge in [-0.2, -0.15) is 0 Å². The van der Waals surface area contributed by atoms with Gasteiger partial charge in [-0.15, -0.1) is 0 Å². The molecule has 0 aliphatic carbocycles. The molecule has 1 aliphatic heterocycles. The first-order valence-corrected chi connectivity index (χ1v) is 5.58. The van der Waals surface area contributed by atoms with E-state index in [0.29, 0.717) is 10.9 Å². The second-order valence-corrected chi connectivity index (χ2v) is 4.69. The maximum absolute atomic E-state index is 5.70. The Kier molecular flexibility index (Phi) is 3.01. The summed E-state index contributed by atoms with van der Waals surface area (Å²) >= 11 is 3.65.